The van der Waals surface area contributed by atoms with Crippen LogP contribution in [0.5, 0.6) is 5.75 Å². The van der Waals surface area contributed by atoms with Crippen LogP contribution in [0.2, 0.25) is 0 Å². The first-order valence-electron chi connectivity index (χ1n) is 6.33. The van der Waals surface area contributed by atoms with Crippen molar-refractivity contribution in [1.29, 1.82) is 0 Å². The summed E-state index contributed by atoms with van der Waals surface area (Å²) in [6.07, 6.45) is -0.544. The number of carbonyl (C=O) groups excluding carboxylic acids is 1. The van der Waals surface area contributed by atoms with Crippen LogP contribution in [0.15, 0.2) is 24.3 Å². The Balaban J connectivity index is 2.44. The smallest absolute Gasteiger partial charge is 0.251 e. The summed E-state index contributed by atoms with van der Waals surface area (Å²) in [5.74, 6) is 0.551. The van der Waals surface area contributed by atoms with Gasteiger partial charge in [0.05, 0.1) is 6.10 Å². The van der Waals surface area contributed by atoms with Crippen LogP contribution in [-0.4, -0.2) is 55.8 Å². The first kappa shape index (κ1) is 15.5. The Morgan fingerprint density at radius 3 is 2.53 bits per heavy atom. The van der Waals surface area contributed by atoms with Gasteiger partial charge < -0.3 is 20.1 Å². The van der Waals surface area contributed by atoms with Crippen molar-refractivity contribution in [1.82, 2.24) is 10.2 Å². The van der Waals surface area contributed by atoms with E-state index in [9.17, 15) is 4.79 Å². The highest BCUT2D eigenvalue weighted by Crippen LogP contribution is 2.12. The van der Waals surface area contributed by atoms with Gasteiger partial charge in [-0.2, -0.15) is 0 Å². The minimum Gasteiger partial charge on any atom is -0.492 e. The summed E-state index contributed by atoms with van der Waals surface area (Å²) in [5, 5.41) is 11.7. The van der Waals surface area contributed by atoms with E-state index in [2.05, 4.69) is 5.32 Å². The molecule has 106 valence electrons. The first-order chi connectivity index (χ1) is 8.99. The molecule has 5 nitrogen and oxygen atoms in total. The zero-order valence-electron chi connectivity index (χ0n) is 11.7. The molecule has 19 heavy (non-hydrogen) atoms. The molecule has 1 aromatic carbocycles. The lowest BCUT2D eigenvalue weighted by atomic mass is 10.2. The minimum atomic E-state index is -0.544. The summed E-state index contributed by atoms with van der Waals surface area (Å²) < 4.78 is 5.54. The average molecular weight is 266 g/mol. The fourth-order valence-electron chi connectivity index (χ4n) is 1.39. The molecule has 0 saturated heterocycles. The summed E-state index contributed by atoms with van der Waals surface area (Å²) in [6, 6.07) is 6.96. The maximum Gasteiger partial charge on any atom is 0.251 e. The number of benzene rings is 1. The highest BCUT2D eigenvalue weighted by molar-refractivity contribution is 5.94. The van der Waals surface area contributed by atoms with Crippen LogP contribution in [0.1, 0.15) is 17.3 Å². The van der Waals surface area contributed by atoms with Gasteiger partial charge in [0.15, 0.2) is 0 Å². The van der Waals surface area contributed by atoms with E-state index < -0.39 is 6.10 Å². The van der Waals surface area contributed by atoms with Crippen LogP contribution in [0.25, 0.3) is 0 Å². The zero-order valence-corrected chi connectivity index (χ0v) is 11.7. The van der Waals surface area contributed by atoms with Gasteiger partial charge in [-0.25, -0.2) is 0 Å². The van der Waals surface area contributed by atoms with E-state index in [1.54, 1.807) is 31.2 Å². The number of carbonyl (C=O) groups is 1. The summed E-state index contributed by atoms with van der Waals surface area (Å²) in [5.41, 5.74) is 0.556. The Labute approximate surface area is 114 Å². The second-order valence-corrected chi connectivity index (χ2v) is 4.74. The topological polar surface area (TPSA) is 61.8 Å². The Kier molecular flexibility index (Phi) is 6.32. The van der Waals surface area contributed by atoms with Crippen LogP contribution in [-0.2, 0) is 0 Å². The van der Waals surface area contributed by atoms with Crippen molar-refractivity contribution < 1.29 is 14.6 Å². The van der Waals surface area contributed by atoms with E-state index in [-0.39, 0.29) is 12.5 Å². The van der Waals surface area contributed by atoms with Crippen molar-refractivity contribution in [3.8, 4) is 5.75 Å². The lowest BCUT2D eigenvalue weighted by molar-refractivity contribution is 0.0924. The van der Waals surface area contributed by atoms with Gasteiger partial charge in [-0.1, -0.05) is 0 Å². The van der Waals surface area contributed by atoms with Gasteiger partial charge in [0.2, 0.25) is 0 Å². The normalized spacial score (nSPS) is 12.3. The number of rotatable bonds is 7. The second kappa shape index (κ2) is 7.76. The monoisotopic (exact) mass is 266 g/mol. The molecule has 0 bridgehead atoms. The molecule has 0 heterocycles. The number of likely N-dealkylation sites (N-methyl/N-ethyl adjacent to an activating group) is 1. The lowest BCUT2D eigenvalue weighted by Crippen LogP contribution is -2.30. The number of amides is 1. The molecule has 1 amide bonds. The van der Waals surface area contributed by atoms with Crippen molar-refractivity contribution in [3.05, 3.63) is 29.8 Å². The summed E-state index contributed by atoms with van der Waals surface area (Å²) in [7, 11) is 3.97. The molecule has 0 fully saturated rings. The van der Waals surface area contributed by atoms with Crippen molar-refractivity contribution in [2.75, 3.05) is 33.8 Å². The molecular weight excluding hydrogens is 244 g/mol. The molecule has 1 rings (SSSR count). The predicted molar refractivity (Wildman–Crippen MR) is 74.5 cm³/mol. The molecule has 0 aliphatic rings. The van der Waals surface area contributed by atoms with Crippen molar-refractivity contribution in [3.63, 3.8) is 0 Å². The van der Waals surface area contributed by atoms with E-state index in [1.165, 1.54) is 0 Å². The Morgan fingerprint density at radius 1 is 1.37 bits per heavy atom. The lowest BCUT2D eigenvalue weighted by Gasteiger charge is -2.11. The number of nitrogens with one attached hydrogen (secondary N) is 1. The first-order valence-corrected chi connectivity index (χ1v) is 6.33. The van der Waals surface area contributed by atoms with E-state index in [0.29, 0.717) is 12.2 Å². The van der Waals surface area contributed by atoms with Gasteiger partial charge >= 0.3 is 0 Å². The van der Waals surface area contributed by atoms with Crippen molar-refractivity contribution in [2.45, 2.75) is 13.0 Å². The average Bonchev–Trinajstić information content (AvgIpc) is 2.36. The second-order valence-electron chi connectivity index (χ2n) is 4.74. The van der Waals surface area contributed by atoms with Gasteiger partial charge in [-0.05, 0) is 45.3 Å². The van der Waals surface area contributed by atoms with Crippen LogP contribution in [0, 0.1) is 0 Å². The number of hydrogen-bond acceptors (Lipinski definition) is 4. The molecule has 0 aliphatic carbocycles. The molecule has 0 aromatic heterocycles. The maximum absolute atomic E-state index is 11.7. The standard InChI is InChI=1S/C14H22N2O3/c1-11(17)10-15-14(18)12-4-6-13(7-5-12)19-9-8-16(2)3/h4-7,11,17H,8-10H2,1-3H3,(H,15,18). The third-order valence-corrected chi connectivity index (χ3v) is 2.48. The van der Waals surface area contributed by atoms with Crippen LogP contribution in [0.4, 0.5) is 0 Å². The van der Waals surface area contributed by atoms with Crippen LogP contribution >= 0.6 is 0 Å². The van der Waals surface area contributed by atoms with E-state index in [1.807, 2.05) is 19.0 Å². The molecule has 2 N–H and O–H groups in total. The predicted octanol–water partition coefficient (Wildman–Crippen LogP) is 0.738. The van der Waals surface area contributed by atoms with Gasteiger partial charge in [-0.15, -0.1) is 0 Å². The fourth-order valence-corrected chi connectivity index (χ4v) is 1.39. The fraction of sp³-hybridized carbons (Fsp3) is 0.500. The van der Waals surface area contributed by atoms with Gasteiger partial charge in [0.25, 0.3) is 5.91 Å². The number of hydrogen-bond donors (Lipinski definition) is 2. The number of nitrogens with zero attached hydrogens (tertiary/aromatic N) is 1. The zero-order chi connectivity index (χ0) is 14.3. The Bertz CT molecular complexity index is 388. The highest BCUT2D eigenvalue weighted by Gasteiger charge is 2.06. The largest absolute Gasteiger partial charge is 0.492 e. The summed E-state index contributed by atoms with van der Waals surface area (Å²) in [6.45, 7) is 3.33. The highest BCUT2D eigenvalue weighted by atomic mass is 16.5. The number of ether oxygens (including phenoxy) is 1. The third kappa shape index (κ3) is 6.22. The maximum atomic E-state index is 11.7. The molecule has 5 heteroatoms. The van der Waals surface area contributed by atoms with E-state index in [0.717, 1.165) is 12.3 Å². The van der Waals surface area contributed by atoms with Crippen molar-refractivity contribution in [2.24, 2.45) is 0 Å². The molecular formula is C14H22N2O3. The quantitative estimate of drug-likeness (QED) is 0.764. The third-order valence-electron chi connectivity index (χ3n) is 2.48. The Hall–Kier alpha value is -1.59. The number of aliphatic hydroxyl groups is 1. The molecule has 0 saturated carbocycles. The molecule has 1 aromatic rings. The molecule has 0 radical (unpaired) electrons. The van der Waals surface area contributed by atoms with Gasteiger partial charge in [0, 0.05) is 18.7 Å². The Morgan fingerprint density at radius 2 is 2.00 bits per heavy atom. The van der Waals surface area contributed by atoms with Crippen LogP contribution < -0.4 is 10.1 Å². The van der Waals surface area contributed by atoms with Gasteiger partial charge in [-0.3, -0.25) is 4.79 Å². The summed E-state index contributed by atoms with van der Waals surface area (Å²) >= 11 is 0. The molecule has 0 aliphatic heterocycles. The molecule has 0 spiro atoms. The van der Waals surface area contributed by atoms with E-state index >= 15 is 0 Å². The molecule has 1 atom stereocenters. The van der Waals surface area contributed by atoms with Gasteiger partial charge in [0.1, 0.15) is 12.4 Å². The minimum absolute atomic E-state index is 0.194. The number of aliphatic hydroxyl groups excluding tert-OH is 1. The van der Waals surface area contributed by atoms with Crippen molar-refractivity contribution >= 4 is 5.91 Å². The van der Waals surface area contributed by atoms with Crippen LogP contribution in [0.3, 0.4) is 0 Å². The summed E-state index contributed by atoms with van der Waals surface area (Å²) in [4.78, 5) is 13.7. The molecule has 1 unspecified atom stereocenters. The SMILES string of the molecule is CC(O)CNC(=O)c1ccc(OCCN(C)C)cc1. The van der Waals surface area contributed by atoms with E-state index in [4.69, 9.17) is 9.84 Å².